The number of hydrogen-bond donors (Lipinski definition) is 2. The lowest BCUT2D eigenvalue weighted by Crippen LogP contribution is -2.50. The number of H-pyrrole nitrogens is 1. The lowest BCUT2D eigenvalue weighted by molar-refractivity contribution is 0.416. The molecule has 2 atom stereocenters. The van der Waals surface area contributed by atoms with E-state index in [0.717, 1.165) is 19.4 Å². The molecule has 5 nitrogen and oxygen atoms in total. The minimum absolute atomic E-state index is 0.120. The van der Waals surface area contributed by atoms with Crippen LogP contribution in [0, 0.1) is 5.82 Å². The van der Waals surface area contributed by atoms with Crippen LogP contribution in [-0.2, 0) is 0 Å². The SMILES string of the molecule is CC1C(N)CCCN1c1n[nH]c(-c2ccc(F)cc2Cl)n1. The third-order valence-corrected chi connectivity index (χ3v) is 4.28. The van der Waals surface area contributed by atoms with Crippen molar-refractivity contribution in [1.82, 2.24) is 15.2 Å². The van der Waals surface area contributed by atoms with Crippen molar-refractivity contribution in [3.05, 3.63) is 29.0 Å². The standard InChI is InChI=1S/C14H17ClFN5/c1-8-12(17)3-2-6-21(8)14-18-13(19-20-14)10-5-4-9(16)7-11(10)15/h4-5,7-8,12H,2-3,6,17H2,1H3,(H,18,19,20). The maximum atomic E-state index is 13.1. The fourth-order valence-corrected chi connectivity index (χ4v) is 2.90. The van der Waals surface area contributed by atoms with Crippen molar-refractivity contribution >= 4 is 17.5 Å². The van der Waals surface area contributed by atoms with Crippen LogP contribution in [0.5, 0.6) is 0 Å². The molecule has 112 valence electrons. The van der Waals surface area contributed by atoms with Gasteiger partial charge in [-0.3, -0.25) is 5.10 Å². The molecule has 1 aromatic carbocycles. The van der Waals surface area contributed by atoms with Gasteiger partial charge < -0.3 is 10.6 Å². The highest BCUT2D eigenvalue weighted by molar-refractivity contribution is 6.33. The zero-order valence-corrected chi connectivity index (χ0v) is 12.4. The van der Waals surface area contributed by atoms with E-state index >= 15 is 0 Å². The van der Waals surface area contributed by atoms with E-state index in [1.807, 2.05) is 0 Å². The molecule has 1 aliphatic heterocycles. The first-order chi connectivity index (χ1) is 10.1. The van der Waals surface area contributed by atoms with E-state index in [1.165, 1.54) is 12.1 Å². The molecular formula is C14H17ClFN5. The molecule has 0 amide bonds. The third kappa shape index (κ3) is 2.73. The van der Waals surface area contributed by atoms with Crippen molar-refractivity contribution in [1.29, 1.82) is 0 Å². The highest BCUT2D eigenvalue weighted by atomic mass is 35.5. The van der Waals surface area contributed by atoms with Crippen LogP contribution in [0.1, 0.15) is 19.8 Å². The lowest BCUT2D eigenvalue weighted by atomic mass is 9.99. The summed E-state index contributed by atoms with van der Waals surface area (Å²) in [6.07, 6.45) is 2.03. The summed E-state index contributed by atoms with van der Waals surface area (Å²) in [7, 11) is 0. The second-order valence-corrected chi connectivity index (χ2v) is 5.76. The molecule has 7 heteroatoms. The molecule has 1 aromatic heterocycles. The van der Waals surface area contributed by atoms with Gasteiger partial charge in [-0.1, -0.05) is 11.6 Å². The molecule has 0 bridgehead atoms. The normalized spacial score (nSPS) is 22.6. The Hall–Kier alpha value is -1.66. The van der Waals surface area contributed by atoms with Crippen molar-refractivity contribution in [2.75, 3.05) is 11.4 Å². The van der Waals surface area contributed by atoms with Gasteiger partial charge in [0.1, 0.15) is 5.82 Å². The average Bonchev–Trinajstić information content (AvgIpc) is 2.91. The monoisotopic (exact) mass is 309 g/mol. The number of nitrogens with one attached hydrogen (secondary N) is 1. The molecule has 1 saturated heterocycles. The largest absolute Gasteiger partial charge is 0.335 e. The fraction of sp³-hybridized carbons (Fsp3) is 0.429. The van der Waals surface area contributed by atoms with Gasteiger partial charge in [-0.2, -0.15) is 4.98 Å². The maximum absolute atomic E-state index is 13.1. The minimum atomic E-state index is -0.376. The Morgan fingerprint density at radius 2 is 2.29 bits per heavy atom. The number of nitrogens with two attached hydrogens (primary N) is 1. The molecule has 1 aliphatic rings. The summed E-state index contributed by atoms with van der Waals surface area (Å²) in [5, 5.41) is 7.42. The Kier molecular flexibility index (Phi) is 3.82. The minimum Gasteiger partial charge on any atom is -0.335 e. The molecule has 0 spiro atoms. The molecular weight excluding hydrogens is 293 g/mol. The number of aromatic nitrogens is 3. The quantitative estimate of drug-likeness (QED) is 0.894. The number of piperidine rings is 1. The molecule has 2 unspecified atom stereocenters. The van der Waals surface area contributed by atoms with Gasteiger partial charge in [0, 0.05) is 24.2 Å². The van der Waals surface area contributed by atoms with Crippen LogP contribution in [0.15, 0.2) is 18.2 Å². The van der Waals surface area contributed by atoms with Crippen LogP contribution in [0.3, 0.4) is 0 Å². The first-order valence-electron chi connectivity index (χ1n) is 6.96. The van der Waals surface area contributed by atoms with Gasteiger partial charge >= 0.3 is 0 Å². The predicted octanol–water partition coefficient (Wildman–Crippen LogP) is 2.58. The van der Waals surface area contributed by atoms with Gasteiger partial charge in [0.2, 0.25) is 5.95 Å². The summed E-state index contributed by atoms with van der Waals surface area (Å²) in [5.74, 6) is 0.758. The van der Waals surface area contributed by atoms with Gasteiger partial charge in [0.15, 0.2) is 5.82 Å². The Labute approximate surface area is 127 Å². The van der Waals surface area contributed by atoms with Crippen LogP contribution in [0.4, 0.5) is 10.3 Å². The number of rotatable bonds is 2. The van der Waals surface area contributed by atoms with E-state index in [1.54, 1.807) is 6.07 Å². The average molecular weight is 310 g/mol. The van der Waals surface area contributed by atoms with Crippen LogP contribution >= 0.6 is 11.6 Å². The van der Waals surface area contributed by atoms with E-state index in [-0.39, 0.29) is 17.9 Å². The fourth-order valence-electron chi connectivity index (χ4n) is 2.64. The molecule has 0 saturated carbocycles. The number of nitrogens with zero attached hydrogens (tertiary/aromatic N) is 3. The first kappa shape index (κ1) is 14.3. The lowest BCUT2D eigenvalue weighted by Gasteiger charge is -2.36. The Morgan fingerprint density at radius 3 is 3.05 bits per heavy atom. The molecule has 21 heavy (non-hydrogen) atoms. The number of aromatic amines is 1. The summed E-state index contributed by atoms with van der Waals surface area (Å²) < 4.78 is 13.1. The zero-order chi connectivity index (χ0) is 15.0. The number of halogens is 2. The second-order valence-electron chi connectivity index (χ2n) is 5.35. The Bertz CT molecular complexity index is 644. The van der Waals surface area contributed by atoms with Gasteiger partial charge in [0.05, 0.1) is 5.02 Å². The van der Waals surface area contributed by atoms with E-state index in [4.69, 9.17) is 17.3 Å². The molecule has 3 rings (SSSR count). The van der Waals surface area contributed by atoms with Crippen LogP contribution in [0.25, 0.3) is 11.4 Å². The summed E-state index contributed by atoms with van der Waals surface area (Å²) in [4.78, 5) is 6.57. The molecule has 2 heterocycles. The van der Waals surface area contributed by atoms with Crippen LogP contribution < -0.4 is 10.6 Å². The molecule has 1 fully saturated rings. The third-order valence-electron chi connectivity index (χ3n) is 3.96. The smallest absolute Gasteiger partial charge is 0.245 e. The first-order valence-corrected chi connectivity index (χ1v) is 7.34. The predicted molar refractivity (Wildman–Crippen MR) is 80.8 cm³/mol. The zero-order valence-electron chi connectivity index (χ0n) is 11.7. The summed E-state index contributed by atoms with van der Waals surface area (Å²) in [6, 6.07) is 4.51. The molecule has 0 radical (unpaired) electrons. The van der Waals surface area contributed by atoms with E-state index in [9.17, 15) is 4.39 Å². The van der Waals surface area contributed by atoms with E-state index < -0.39 is 0 Å². The number of anilines is 1. The van der Waals surface area contributed by atoms with Crippen molar-refractivity contribution in [3.63, 3.8) is 0 Å². The summed E-state index contributed by atoms with van der Waals surface area (Å²) in [6.45, 7) is 2.95. The van der Waals surface area contributed by atoms with Crippen LogP contribution in [-0.4, -0.2) is 33.8 Å². The Morgan fingerprint density at radius 1 is 1.48 bits per heavy atom. The van der Waals surface area contributed by atoms with Crippen molar-refractivity contribution < 1.29 is 4.39 Å². The highest BCUT2D eigenvalue weighted by Crippen LogP contribution is 2.28. The maximum Gasteiger partial charge on any atom is 0.245 e. The molecule has 3 N–H and O–H groups in total. The Balaban J connectivity index is 1.89. The topological polar surface area (TPSA) is 70.8 Å². The number of benzene rings is 1. The molecule has 0 aliphatic carbocycles. The van der Waals surface area contributed by atoms with Gasteiger partial charge in [-0.05, 0) is 38.0 Å². The summed E-state index contributed by atoms with van der Waals surface area (Å²) in [5.41, 5.74) is 6.72. The molecule has 2 aromatic rings. The highest BCUT2D eigenvalue weighted by Gasteiger charge is 2.28. The van der Waals surface area contributed by atoms with Gasteiger partial charge in [0.25, 0.3) is 0 Å². The van der Waals surface area contributed by atoms with Gasteiger partial charge in [-0.25, -0.2) is 4.39 Å². The van der Waals surface area contributed by atoms with E-state index in [0.29, 0.717) is 22.4 Å². The van der Waals surface area contributed by atoms with Gasteiger partial charge in [-0.15, -0.1) is 5.10 Å². The van der Waals surface area contributed by atoms with Crippen LogP contribution in [0.2, 0.25) is 5.02 Å². The van der Waals surface area contributed by atoms with E-state index in [2.05, 4.69) is 27.0 Å². The van der Waals surface area contributed by atoms with Crippen molar-refractivity contribution in [3.8, 4) is 11.4 Å². The van der Waals surface area contributed by atoms with Crippen molar-refractivity contribution in [2.24, 2.45) is 5.73 Å². The second kappa shape index (κ2) is 5.61. The number of hydrogen-bond acceptors (Lipinski definition) is 4. The van der Waals surface area contributed by atoms with Crippen molar-refractivity contribution in [2.45, 2.75) is 31.8 Å². The summed E-state index contributed by atoms with van der Waals surface area (Å²) >= 11 is 6.05.